The molecule has 0 heterocycles. The number of hydrogen-bond donors (Lipinski definition) is 2. The number of thiocarbonyl (C=S) groups is 1. The summed E-state index contributed by atoms with van der Waals surface area (Å²) < 4.78 is 11.3. The van der Waals surface area contributed by atoms with E-state index >= 15 is 0 Å². The summed E-state index contributed by atoms with van der Waals surface area (Å²) in [5.74, 6) is 0.795. The minimum absolute atomic E-state index is 0.486. The number of nitrogens with two attached hydrogens (primary N) is 1. The van der Waals surface area contributed by atoms with Crippen LogP contribution in [0, 0.1) is 0 Å². The molecule has 6 heteroatoms. The lowest BCUT2D eigenvalue weighted by Gasteiger charge is -2.12. The van der Waals surface area contributed by atoms with Gasteiger partial charge in [0.05, 0.1) is 4.99 Å². The fraction of sp³-hybridized carbons (Fsp3) is 0.800. The van der Waals surface area contributed by atoms with E-state index in [1.54, 1.807) is 6.92 Å². The zero-order chi connectivity index (χ0) is 8.91. The lowest BCUT2D eigenvalue weighted by Crippen LogP contribution is -2.17. The fourth-order valence-electron chi connectivity index (χ4n) is 0.479. The Morgan fingerprint density at radius 3 is 2.73 bits per heavy atom. The van der Waals surface area contributed by atoms with Crippen molar-refractivity contribution in [3.63, 3.8) is 0 Å². The molecule has 1 unspecified atom stereocenters. The molecule has 1 atom stereocenters. The van der Waals surface area contributed by atoms with Crippen molar-refractivity contribution < 1.29 is 4.57 Å². The third-order valence-electron chi connectivity index (χ3n) is 0.800. The van der Waals surface area contributed by atoms with Crippen molar-refractivity contribution in [3.05, 3.63) is 0 Å². The molecule has 11 heavy (non-hydrogen) atoms. The molecule has 3 N–H and O–H groups in total. The first-order valence-corrected chi connectivity index (χ1v) is 7.07. The van der Waals surface area contributed by atoms with Crippen LogP contribution >= 0.6 is 30.2 Å². The van der Waals surface area contributed by atoms with Crippen molar-refractivity contribution in [3.8, 4) is 0 Å². The van der Waals surface area contributed by atoms with Crippen LogP contribution in [0.15, 0.2) is 0 Å². The largest absolute Gasteiger partial charge is 0.311 e. The summed E-state index contributed by atoms with van der Waals surface area (Å²) in [6.07, 6.45) is 0.962. The van der Waals surface area contributed by atoms with Crippen LogP contribution in [0.2, 0.25) is 0 Å². The molecule has 0 aromatic carbocycles. The fourth-order valence-corrected chi connectivity index (χ4v) is 3.98. The van der Waals surface area contributed by atoms with E-state index in [2.05, 4.69) is 5.09 Å². The molecule has 0 saturated heterocycles. The zero-order valence-corrected chi connectivity index (χ0v) is 9.19. The quantitative estimate of drug-likeness (QED) is 0.552. The molecular weight excluding hydrogens is 199 g/mol. The number of nitrogens with one attached hydrogen (secondary N) is 1. The maximum Gasteiger partial charge on any atom is 0.287 e. The zero-order valence-electron chi connectivity index (χ0n) is 6.66. The molecule has 0 amide bonds. The Kier molecular flexibility index (Phi) is 5.34. The van der Waals surface area contributed by atoms with E-state index in [0.717, 1.165) is 12.2 Å². The molecule has 66 valence electrons. The monoisotopic (exact) mass is 212 g/mol. The molecule has 0 fully saturated rings. The minimum atomic E-state index is -2.74. The van der Waals surface area contributed by atoms with Gasteiger partial charge in [0.15, 0.2) is 0 Å². The second-order valence-corrected chi connectivity index (χ2v) is 7.20. The normalized spacial score (nSPS) is 15.5. The van der Waals surface area contributed by atoms with Crippen LogP contribution in [0.3, 0.4) is 0 Å². The molecule has 0 spiro atoms. The van der Waals surface area contributed by atoms with E-state index in [-0.39, 0.29) is 0 Å². The van der Waals surface area contributed by atoms with Gasteiger partial charge in [-0.05, 0) is 13.3 Å². The smallest absolute Gasteiger partial charge is 0.287 e. The van der Waals surface area contributed by atoms with E-state index in [1.165, 1.54) is 11.4 Å². The van der Waals surface area contributed by atoms with Crippen molar-refractivity contribution in [2.75, 3.05) is 5.75 Å². The van der Waals surface area contributed by atoms with Crippen molar-refractivity contribution in [2.24, 2.45) is 5.50 Å². The molecule has 0 radical (unpaired) electrons. The Labute approximate surface area is 76.7 Å². The topological polar surface area (TPSA) is 55.1 Å². The lowest BCUT2D eigenvalue weighted by molar-refractivity contribution is 0.583. The number of rotatable bonds is 4. The molecule has 0 saturated carbocycles. The van der Waals surface area contributed by atoms with Gasteiger partial charge >= 0.3 is 0 Å². The Morgan fingerprint density at radius 2 is 2.36 bits per heavy atom. The standard InChI is InChI=1S/C5H13N2OPS2/c1-3-4-11-9(6,8)7-5(2)10/h3-4H2,1-2H3,(H3,6,7,8,10). The maximum atomic E-state index is 11.3. The van der Waals surface area contributed by atoms with Gasteiger partial charge in [0.1, 0.15) is 0 Å². The van der Waals surface area contributed by atoms with Gasteiger partial charge in [-0.3, -0.25) is 10.1 Å². The van der Waals surface area contributed by atoms with Crippen LogP contribution in [-0.4, -0.2) is 10.7 Å². The molecule has 3 nitrogen and oxygen atoms in total. The van der Waals surface area contributed by atoms with Crippen LogP contribution in [0.5, 0.6) is 0 Å². The second kappa shape index (κ2) is 5.14. The Balaban J connectivity index is 3.80. The molecule has 0 bridgehead atoms. The maximum absolute atomic E-state index is 11.3. The molecule has 0 rings (SSSR count). The van der Waals surface area contributed by atoms with E-state index < -0.39 is 6.65 Å². The highest BCUT2D eigenvalue weighted by molar-refractivity contribution is 8.57. The summed E-state index contributed by atoms with van der Waals surface area (Å²) in [7, 11) is 0. The molecule has 0 aromatic heterocycles. The van der Waals surface area contributed by atoms with Gasteiger partial charge in [-0.1, -0.05) is 30.5 Å². The summed E-state index contributed by atoms with van der Waals surface area (Å²) in [5, 5.41) is 2.58. The van der Waals surface area contributed by atoms with Gasteiger partial charge < -0.3 is 5.09 Å². The molecule has 0 aliphatic carbocycles. The summed E-state index contributed by atoms with van der Waals surface area (Å²) >= 11 is 5.96. The van der Waals surface area contributed by atoms with Gasteiger partial charge in [-0.15, -0.1) is 0 Å². The molecular formula is C5H13N2OPS2. The van der Waals surface area contributed by atoms with Crippen molar-refractivity contribution in [2.45, 2.75) is 20.3 Å². The third kappa shape index (κ3) is 6.81. The summed E-state index contributed by atoms with van der Waals surface area (Å²) in [6, 6.07) is 0. The molecule has 0 aliphatic rings. The summed E-state index contributed by atoms with van der Waals surface area (Å²) in [6.45, 7) is 0.939. The number of hydrogen-bond acceptors (Lipinski definition) is 3. The summed E-state index contributed by atoms with van der Waals surface area (Å²) in [5.41, 5.74) is 5.42. The lowest BCUT2D eigenvalue weighted by atomic mass is 10.6. The van der Waals surface area contributed by atoms with Gasteiger partial charge in [0.25, 0.3) is 6.65 Å². The van der Waals surface area contributed by atoms with E-state index in [1.807, 2.05) is 6.92 Å². The van der Waals surface area contributed by atoms with Gasteiger partial charge in [0, 0.05) is 5.75 Å². The SMILES string of the molecule is CCCSP(N)(=O)NC(C)=S. The first-order valence-electron chi connectivity index (χ1n) is 3.30. The highest BCUT2D eigenvalue weighted by Crippen LogP contribution is 2.46. The van der Waals surface area contributed by atoms with Crippen LogP contribution in [0.4, 0.5) is 0 Å². The third-order valence-corrected chi connectivity index (χ3v) is 4.65. The van der Waals surface area contributed by atoms with Crippen molar-refractivity contribution >= 4 is 35.2 Å². The van der Waals surface area contributed by atoms with Crippen LogP contribution in [-0.2, 0) is 4.57 Å². The van der Waals surface area contributed by atoms with Gasteiger partial charge in [0.2, 0.25) is 0 Å². The van der Waals surface area contributed by atoms with E-state index in [4.69, 9.17) is 17.7 Å². The minimum Gasteiger partial charge on any atom is -0.311 e. The Bertz CT molecular complexity index is 185. The van der Waals surface area contributed by atoms with Crippen LogP contribution in [0.1, 0.15) is 20.3 Å². The highest BCUT2D eigenvalue weighted by Gasteiger charge is 2.14. The second-order valence-electron chi connectivity index (χ2n) is 2.10. The van der Waals surface area contributed by atoms with Crippen molar-refractivity contribution in [1.82, 2.24) is 5.09 Å². The van der Waals surface area contributed by atoms with Crippen LogP contribution < -0.4 is 10.6 Å². The van der Waals surface area contributed by atoms with E-state index in [0.29, 0.717) is 4.99 Å². The average molecular weight is 212 g/mol. The Morgan fingerprint density at radius 1 is 1.82 bits per heavy atom. The first kappa shape index (κ1) is 11.4. The van der Waals surface area contributed by atoms with Gasteiger partial charge in [-0.2, -0.15) is 0 Å². The molecule has 0 aromatic rings. The predicted molar refractivity (Wildman–Crippen MR) is 56.0 cm³/mol. The summed E-state index contributed by atoms with van der Waals surface area (Å²) in [4.78, 5) is 0.486. The van der Waals surface area contributed by atoms with Crippen molar-refractivity contribution in [1.29, 1.82) is 0 Å². The molecule has 0 aliphatic heterocycles. The predicted octanol–water partition coefficient (Wildman–Crippen LogP) is 2.13. The Hall–Kier alpha value is 0.430. The average Bonchev–Trinajstić information content (AvgIpc) is 1.81. The first-order chi connectivity index (χ1) is 4.98. The van der Waals surface area contributed by atoms with E-state index in [9.17, 15) is 4.57 Å². The van der Waals surface area contributed by atoms with Crippen LogP contribution in [0.25, 0.3) is 0 Å². The van der Waals surface area contributed by atoms with Gasteiger partial charge in [-0.25, -0.2) is 0 Å². The highest BCUT2D eigenvalue weighted by atomic mass is 32.7.